The van der Waals surface area contributed by atoms with Gasteiger partial charge in [-0.25, -0.2) is 0 Å². The Bertz CT molecular complexity index is 545. The predicted octanol–water partition coefficient (Wildman–Crippen LogP) is 1.42. The molecule has 1 aromatic rings. The van der Waals surface area contributed by atoms with Crippen LogP contribution in [0, 0.1) is 0 Å². The van der Waals surface area contributed by atoms with E-state index in [2.05, 4.69) is 0 Å². The van der Waals surface area contributed by atoms with Crippen LogP contribution in [0.2, 0.25) is 0 Å². The van der Waals surface area contributed by atoms with Crippen LogP contribution in [0.1, 0.15) is 24.8 Å². The van der Waals surface area contributed by atoms with E-state index < -0.39 is 16.3 Å². The first-order valence-electron chi connectivity index (χ1n) is 6.78. The number of benzene rings is 1. The first-order chi connectivity index (χ1) is 9.55. The van der Waals surface area contributed by atoms with Crippen molar-refractivity contribution in [2.45, 2.75) is 31.8 Å². The van der Waals surface area contributed by atoms with Crippen LogP contribution in [0.3, 0.4) is 0 Å². The van der Waals surface area contributed by atoms with Crippen molar-refractivity contribution in [3.63, 3.8) is 0 Å². The Balaban J connectivity index is 2.14. The van der Waals surface area contributed by atoms with Crippen LogP contribution in [-0.4, -0.2) is 42.9 Å². The molecule has 6 heteroatoms. The predicted molar refractivity (Wildman–Crippen MR) is 77.2 cm³/mol. The van der Waals surface area contributed by atoms with Gasteiger partial charge in [-0.15, -0.1) is 0 Å². The lowest BCUT2D eigenvalue weighted by Crippen LogP contribution is -2.49. The van der Waals surface area contributed by atoms with Crippen LogP contribution < -0.4 is 0 Å². The zero-order chi connectivity index (χ0) is 14.6. The smallest absolute Gasteiger partial charge is 0.282 e. The molecule has 0 radical (unpaired) electrons. The third kappa shape index (κ3) is 3.26. The van der Waals surface area contributed by atoms with Crippen molar-refractivity contribution in [3.05, 3.63) is 35.9 Å². The fourth-order valence-electron chi connectivity index (χ4n) is 2.45. The average Bonchev–Trinajstić information content (AvgIpc) is 2.48. The molecule has 1 heterocycles. The summed E-state index contributed by atoms with van der Waals surface area (Å²) in [6.45, 7) is 0.732. The van der Waals surface area contributed by atoms with Crippen molar-refractivity contribution in [2.24, 2.45) is 0 Å². The highest BCUT2D eigenvalue weighted by Crippen LogP contribution is 2.21. The van der Waals surface area contributed by atoms with Gasteiger partial charge in [0.15, 0.2) is 0 Å². The van der Waals surface area contributed by atoms with Crippen molar-refractivity contribution in [2.75, 3.05) is 13.6 Å². The van der Waals surface area contributed by atoms with Crippen LogP contribution in [0.5, 0.6) is 0 Å². The zero-order valence-electron chi connectivity index (χ0n) is 11.6. The second-order valence-corrected chi connectivity index (χ2v) is 7.05. The van der Waals surface area contributed by atoms with E-state index in [0.29, 0.717) is 19.5 Å². The maximum Gasteiger partial charge on any atom is 0.282 e. The lowest BCUT2D eigenvalue weighted by molar-refractivity contribution is -0.111. The molecule has 0 bridgehead atoms. The van der Waals surface area contributed by atoms with Gasteiger partial charge in [0.2, 0.25) is 0 Å². The largest absolute Gasteiger partial charge is 0.302 e. The summed E-state index contributed by atoms with van der Waals surface area (Å²) in [7, 11) is -2.03. The fourth-order valence-corrected chi connectivity index (χ4v) is 3.98. The van der Waals surface area contributed by atoms with E-state index in [1.54, 1.807) is 7.05 Å². The number of rotatable bonds is 5. The number of nitrogens with zero attached hydrogens (tertiary/aromatic N) is 2. The van der Waals surface area contributed by atoms with Crippen LogP contribution in [0.25, 0.3) is 0 Å². The molecule has 1 unspecified atom stereocenters. The Morgan fingerprint density at radius 3 is 2.65 bits per heavy atom. The molecule has 1 atom stereocenters. The highest BCUT2D eigenvalue weighted by atomic mass is 32.2. The van der Waals surface area contributed by atoms with E-state index in [1.165, 1.54) is 8.61 Å². The molecule has 1 aromatic carbocycles. The maximum atomic E-state index is 12.6. The topological polar surface area (TPSA) is 57.7 Å². The van der Waals surface area contributed by atoms with Gasteiger partial charge in [0, 0.05) is 20.1 Å². The third-order valence-corrected chi connectivity index (χ3v) is 5.56. The highest BCUT2D eigenvalue weighted by Gasteiger charge is 2.34. The Labute approximate surface area is 120 Å². The summed E-state index contributed by atoms with van der Waals surface area (Å²) in [6, 6.07) is 8.91. The van der Waals surface area contributed by atoms with Gasteiger partial charge in [0.05, 0.1) is 6.04 Å². The average molecular weight is 296 g/mol. The van der Waals surface area contributed by atoms with E-state index in [9.17, 15) is 13.2 Å². The van der Waals surface area contributed by atoms with Gasteiger partial charge in [0.25, 0.3) is 10.2 Å². The van der Waals surface area contributed by atoms with E-state index in [1.807, 2.05) is 30.3 Å². The number of hydrogen-bond donors (Lipinski definition) is 0. The van der Waals surface area contributed by atoms with Gasteiger partial charge in [-0.2, -0.15) is 17.0 Å². The molecular formula is C14H20N2O3S. The molecule has 1 saturated heterocycles. The number of carbonyl (C=O) groups excluding carboxylic acids is 1. The summed E-state index contributed by atoms with van der Waals surface area (Å²) in [5.41, 5.74) is 0.929. The summed E-state index contributed by atoms with van der Waals surface area (Å²) in [6.07, 6.45) is 3.07. The van der Waals surface area contributed by atoms with E-state index >= 15 is 0 Å². The summed E-state index contributed by atoms with van der Waals surface area (Å²) in [4.78, 5) is 11.1. The molecule has 1 aliphatic heterocycles. The van der Waals surface area contributed by atoms with Crippen LogP contribution in [0.15, 0.2) is 30.3 Å². The molecular weight excluding hydrogens is 276 g/mol. The minimum Gasteiger partial charge on any atom is -0.302 e. The van der Waals surface area contributed by atoms with Gasteiger partial charge >= 0.3 is 0 Å². The molecule has 20 heavy (non-hydrogen) atoms. The number of piperidine rings is 1. The SMILES string of the molecule is CN(Cc1ccccc1)S(=O)(=O)N1CCCCC1C=O. The van der Waals surface area contributed by atoms with E-state index in [-0.39, 0.29) is 0 Å². The maximum absolute atomic E-state index is 12.6. The number of aldehydes is 1. The minimum atomic E-state index is -3.59. The summed E-state index contributed by atoms with van der Waals surface area (Å²) >= 11 is 0. The summed E-state index contributed by atoms with van der Waals surface area (Å²) in [5, 5.41) is 0. The Morgan fingerprint density at radius 2 is 2.00 bits per heavy atom. The molecule has 0 spiro atoms. The Morgan fingerprint density at radius 1 is 1.30 bits per heavy atom. The molecule has 110 valence electrons. The quantitative estimate of drug-likeness (QED) is 0.772. The van der Waals surface area contributed by atoms with Gasteiger partial charge < -0.3 is 4.79 Å². The Kier molecular flexibility index (Phi) is 4.91. The van der Waals surface area contributed by atoms with E-state index in [0.717, 1.165) is 24.7 Å². The first kappa shape index (κ1) is 15.2. The van der Waals surface area contributed by atoms with Gasteiger partial charge in [-0.1, -0.05) is 36.8 Å². The van der Waals surface area contributed by atoms with E-state index in [4.69, 9.17) is 0 Å². The van der Waals surface area contributed by atoms with Gasteiger partial charge in [-0.05, 0) is 18.4 Å². The van der Waals surface area contributed by atoms with Crippen LogP contribution >= 0.6 is 0 Å². The number of carbonyl (C=O) groups is 1. The number of hydrogen-bond acceptors (Lipinski definition) is 3. The molecule has 0 amide bonds. The van der Waals surface area contributed by atoms with Gasteiger partial charge in [0.1, 0.15) is 6.29 Å². The van der Waals surface area contributed by atoms with Gasteiger partial charge in [-0.3, -0.25) is 0 Å². The molecule has 5 nitrogen and oxygen atoms in total. The van der Waals surface area contributed by atoms with Crippen molar-refractivity contribution < 1.29 is 13.2 Å². The molecule has 2 rings (SSSR count). The standard InChI is InChI=1S/C14H20N2O3S/c1-15(11-13-7-3-2-4-8-13)20(18,19)16-10-6-5-9-14(16)12-17/h2-4,7-8,12,14H,5-6,9-11H2,1H3. The monoisotopic (exact) mass is 296 g/mol. The third-order valence-electron chi connectivity index (χ3n) is 3.59. The highest BCUT2D eigenvalue weighted by molar-refractivity contribution is 7.86. The molecule has 1 fully saturated rings. The van der Waals surface area contributed by atoms with Crippen molar-refractivity contribution in [3.8, 4) is 0 Å². The van der Waals surface area contributed by atoms with Crippen molar-refractivity contribution in [1.29, 1.82) is 0 Å². The van der Waals surface area contributed by atoms with Crippen molar-refractivity contribution in [1.82, 2.24) is 8.61 Å². The molecule has 0 aromatic heterocycles. The summed E-state index contributed by atoms with van der Waals surface area (Å²) in [5.74, 6) is 0. The molecule has 0 aliphatic carbocycles. The zero-order valence-corrected chi connectivity index (χ0v) is 12.4. The summed E-state index contributed by atoms with van der Waals surface area (Å²) < 4.78 is 27.7. The fraction of sp³-hybridized carbons (Fsp3) is 0.500. The van der Waals surface area contributed by atoms with Crippen molar-refractivity contribution >= 4 is 16.5 Å². The minimum absolute atomic E-state index is 0.311. The lowest BCUT2D eigenvalue weighted by Gasteiger charge is -2.34. The van der Waals surface area contributed by atoms with Crippen LogP contribution in [-0.2, 0) is 21.5 Å². The molecule has 0 saturated carbocycles. The van der Waals surface area contributed by atoms with Crippen LogP contribution in [0.4, 0.5) is 0 Å². The normalized spacial score (nSPS) is 21.0. The lowest BCUT2D eigenvalue weighted by atomic mass is 10.1. The second kappa shape index (κ2) is 6.47. The molecule has 1 aliphatic rings. The first-order valence-corrected chi connectivity index (χ1v) is 8.17. The Hall–Kier alpha value is -1.24. The molecule has 0 N–H and O–H groups in total. The second-order valence-electron chi connectivity index (χ2n) is 5.06.